The number of rotatable bonds is 5. The summed E-state index contributed by atoms with van der Waals surface area (Å²) < 4.78 is 0. The molecule has 0 spiro atoms. The van der Waals surface area contributed by atoms with Crippen molar-refractivity contribution in [1.29, 1.82) is 0 Å². The molecule has 0 radical (unpaired) electrons. The summed E-state index contributed by atoms with van der Waals surface area (Å²) in [5.41, 5.74) is 0. The van der Waals surface area contributed by atoms with Gasteiger partial charge in [-0.2, -0.15) is 0 Å². The lowest BCUT2D eigenvalue weighted by Crippen LogP contribution is -2.19. The zero-order valence-electron chi connectivity index (χ0n) is 8.22. The van der Waals surface area contributed by atoms with Crippen molar-refractivity contribution in [3.05, 3.63) is 0 Å². The molecule has 0 saturated heterocycles. The molecule has 0 heterocycles. The molecule has 0 amide bonds. The highest BCUT2D eigenvalue weighted by atomic mass is 16.4. The van der Waals surface area contributed by atoms with Crippen LogP contribution in [0.2, 0.25) is 6.32 Å². The monoisotopic (exact) mass is 200 g/mol. The summed E-state index contributed by atoms with van der Waals surface area (Å²) in [5.74, 6) is -0.658. The fourth-order valence-corrected chi connectivity index (χ4v) is 2.27. The van der Waals surface area contributed by atoms with E-state index in [1.54, 1.807) is 0 Å². The van der Waals surface area contributed by atoms with Crippen LogP contribution in [-0.4, -0.2) is 28.2 Å². The number of hydrogen-bond acceptors (Lipinski definition) is 3. The third kappa shape index (κ3) is 3.31. The van der Waals surface area contributed by atoms with Crippen LogP contribution in [0.15, 0.2) is 0 Å². The third-order valence-electron chi connectivity index (χ3n) is 3.01. The molecular weight excluding hydrogens is 183 g/mol. The first-order valence-electron chi connectivity index (χ1n) is 5.20. The normalized spacial score (nSPS) is 26.4. The Balaban J connectivity index is 2.26. The van der Waals surface area contributed by atoms with Crippen molar-refractivity contribution < 1.29 is 19.9 Å². The molecule has 3 N–H and O–H groups in total. The first-order valence-corrected chi connectivity index (χ1v) is 5.20. The van der Waals surface area contributed by atoms with E-state index in [0.29, 0.717) is 12.7 Å². The number of aliphatic carboxylic acids is 1. The Morgan fingerprint density at radius 1 is 1.36 bits per heavy atom. The van der Waals surface area contributed by atoms with E-state index in [9.17, 15) is 4.79 Å². The molecule has 0 aromatic rings. The number of hydrogen-bond donors (Lipinski definition) is 3. The van der Waals surface area contributed by atoms with Gasteiger partial charge in [-0.15, -0.1) is 0 Å². The second-order valence-corrected chi connectivity index (χ2v) is 4.05. The van der Waals surface area contributed by atoms with Crippen LogP contribution < -0.4 is 0 Å². The molecule has 0 aromatic heterocycles. The van der Waals surface area contributed by atoms with E-state index in [1.165, 1.54) is 0 Å². The van der Waals surface area contributed by atoms with Crippen LogP contribution in [0.1, 0.15) is 32.1 Å². The van der Waals surface area contributed by atoms with Crippen molar-refractivity contribution in [2.75, 3.05) is 0 Å². The molecule has 0 aromatic carbocycles. The predicted molar refractivity (Wildman–Crippen MR) is 52.7 cm³/mol. The average molecular weight is 200 g/mol. The van der Waals surface area contributed by atoms with E-state index in [0.717, 1.165) is 25.7 Å². The van der Waals surface area contributed by atoms with Gasteiger partial charge in [-0.05, 0) is 25.1 Å². The second-order valence-electron chi connectivity index (χ2n) is 4.05. The van der Waals surface area contributed by atoms with E-state index in [4.69, 9.17) is 15.2 Å². The van der Waals surface area contributed by atoms with Crippen molar-refractivity contribution in [2.45, 2.75) is 38.4 Å². The van der Waals surface area contributed by atoms with Crippen LogP contribution in [0.25, 0.3) is 0 Å². The highest BCUT2D eigenvalue weighted by Gasteiger charge is 2.32. The van der Waals surface area contributed by atoms with Crippen molar-refractivity contribution in [3.63, 3.8) is 0 Å². The predicted octanol–water partition coefficient (Wildman–Crippen LogP) is 0.740. The molecule has 1 aliphatic carbocycles. The molecule has 0 aliphatic heterocycles. The smallest absolute Gasteiger partial charge is 0.451 e. The molecule has 1 saturated carbocycles. The maximum atomic E-state index is 10.8. The van der Waals surface area contributed by atoms with Crippen LogP contribution in [0.4, 0.5) is 0 Å². The Morgan fingerprint density at radius 3 is 2.64 bits per heavy atom. The first-order chi connectivity index (χ1) is 6.61. The zero-order chi connectivity index (χ0) is 10.6. The van der Waals surface area contributed by atoms with Crippen LogP contribution in [0, 0.1) is 11.8 Å². The highest BCUT2D eigenvalue weighted by molar-refractivity contribution is 6.40. The quantitative estimate of drug-likeness (QED) is 0.572. The maximum absolute atomic E-state index is 10.8. The lowest BCUT2D eigenvalue weighted by atomic mass is 9.80. The third-order valence-corrected chi connectivity index (χ3v) is 3.01. The van der Waals surface area contributed by atoms with E-state index in [2.05, 4.69) is 0 Å². The Labute approximate surface area is 84.1 Å². The summed E-state index contributed by atoms with van der Waals surface area (Å²) in [4.78, 5) is 10.8. The summed E-state index contributed by atoms with van der Waals surface area (Å²) in [5, 5.41) is 26.2. The van der Waals surface area contributed by atoms with Gasteiger partial charge < -0.3 is 15.2 Å². The maximum Gasteiger partial charge on any atom is 0.451 e. The molecule has 4 nitrogen and oxygen atoms in total. The number of carbonyl (C=O) groups is 1. The van der Waals surface area contributed by atoms with E-state index in [-0.39, 0.29) is 11.8 Å². The molecule has 14 heavy (non-hydrogen) atoms. The van der Waals surface area contributed by atoms with E-state index < -0.39 is 13.1 Å². The molecular formula is C9H17BO4. The van der Waals surface area contributed by atoms with E-state index in [1.807, 2.05) is 0 Å². The Morgan fingerprint density at radius 2 is 2.07 bits per heavy atom. The lowest BCUT2D eigenvalue weighted by Gasteiger charge is -2.14. The van der Waals surface area contributed by atoms with Gasteiger partial charge >= 0.3 is 13.1 Å². The van der Waals surface area contributed by atoms with Gasteiger partial charge in [-0.25, -0.2) is 0 Å². The minimum atomic E-state index is -1.25. The van der Waals surface area contributed by atoms with E-state index >= 15 is 0 Å². The minimum Gasteiger partial charge on any atom is -0.481 e. The Hall–Kier alpha value is -0.545. The van der Waals surface area contributed by atoms with Gasteiger partial charge in [0.25, 0.3) is 0 Å². The summed E-state index contributed by atoms with van der Waals surface area (Å²) in [6.07, 6.45) is 4.59. The highest BCUT2D eigenvalue weighted by Crippen LogP contribution is 2.35. The van der Waals surface area contributed by atoms with Crippen LogP contribution in [0.3, 0.4) is 0 Å². The van der Waals surface area contributed by atoms with Gasteiger partial charge in [0.15, 0.2) is 0 Å². The van der Waals surface area contributed by atoms with Crippen molar-refractivity contribution in [1.82, 2.24) is 0 Å². The Bertz CT molecular complexity index is 195. The van der Waals surface area contributed by atoms with Crippen molar-refractivity contribution >= 4 is 13.1 Å². The van der Waals surface area contributed by atoms with Gasteiger partial charge in [-0.3, -0.25) is 4.79 Å². The van der Waals surface area contributed by atoms with Crippen LogP contribution in [0.5, 0.6) is 0 Å². The molecule has 1 fully saturated rings. The number of carboxylic acids is 1. The van der Waals surface area contributed by atoms with Gasteiger partial charge in [0, 0.05) is 0 Å². The summed E-state index contributed by atoms with van der Waals surface area (Å²) >= 11 is 0. The molecule has 0 bridgehead atoms. The Kier molecular flexibility index (Phi) is 4.42. The lowest BCUT2D eigenvalue weighted by molar-refractivity contribution is -0.143. The molecule has 1 aliphatic rings. The molecule has 1 rings (SSSR count). The topological polar surface area (TPSA) is 77.8 Å². The second kappa shape index (κ2) is 5.36. The van der Waals surface area contributed by atoms with Gasteiger partial charge in [0.05, 0.1) is 5.92 Å². The average Bonchev–Trinajstić information content (AvgIpc) is 2.51. The number of carboxylic acid groups (broad SMARTS) is 1. The summed E-state index contributed by atoms with van der Waals surface area (Å²) in [7, 11) is -1.25. The van der Waals surface area contributed by atoms with Gasteiger partial charge in [0.1, 0.15) is 0 Å². The van der Waals surface area contributed by atoms with Crippen molar-refractivity contribution in [2.24, 2.45) is 11.8 Å². The minimum absolute atomic E-state index is 0.203. The first kappa shape index (κ1) is 11.5. The zero-order valence-corrected chi connectivity index (χ0v) is 8.22. The largest absolute Gasteiger partial charge is 0.481 e. The molecule has 0 unspecified atom stereocenters. The van der Waals surface area contributed by atoms with Crippen molar-refractivity contribution in [3.8, 4) is 0 Å². The SMILES string of the molecule is O=C(O)[C@@H]1CCC[C@@H]1CCCB(O)O. The molecule has 5 heteroatoms. The molecule has 80 valence electrons. The molecule has 2 atom stereocenters. The summed E-state index contributed by atoms with van der Waals surface area (Å²) in [6, 6.07) is 0. The van der Waals surface area contributed by atoms with Gasteiger partial charge in [0.2, 0.25) is 0 Å². The van der Waals surface area contributed by atoms with Crippen LogP contribution >= 0.6 is 0 Å². The fraction of sp³-hybridized carbons (Fsp3) is 0.889. The van der Waals surface area contributed by atoms with Gasteiger partial charge in [-0.1, -0.05) is 19.3 Å². The fourth-order valence-electron chi connectivity index (χ4n) is 2.27. The van der Waals surface area contributed by atoms with Crippen LogP contribution in [-0.2, 0) is 4.79 Å². The standard InChI is InChI=1S/C9H17BO4/c11-9(12)8-5-1-3-7(8)4-2-6-10(13)14/h7-8,13-14H,1-6H2,(H,11,12)/t7-,8-/m1/s1. The summed E-state index contributed by atoms with van der Waals surface area (Å²) in [6.45, 7) is 0.